The number of nitro groups is 1. The van der Waals surface area contributed by atoms with Crippen LogP contribution in [0.3, 0.4) is 0 Å². The molecule has 0 N–H and O–H groups in total. The highest BCUT2D eigenvalue weighted by atomic mass is 32.1. The van der Waals surface area contributed by atoms with Crippen LogP contribution in [-0.2, 0) is 11.2 Å². The van der Waals surface area contributed by atoms with Gasteiger partial charge in [0.05, 0.1) is 31.7 Å². The number of fused-ring (bicyclic) bond motifs is 1. The third-order valence-corrected chi connectivity index (χ3v) is 6.87. The summed E-state index contributed by atoms with van der Waals surface area (Å²) in [6.45, 7) is 0.925. The lowest BCUT2D eigenvalue weighted by Gasteiger charge is -2.37. The minimum atomic E-state index is -0.453. The molecular formula is C24H25N3O5S. The molecule has 9 heteroatoms. The average Bonchev–Trinajstić information content (AvgIpc) is 3.37. The number of hydrogen-bond acceptors (Lipinski definition) is 7. The maximum absolute atomic E-state index is 13.2. The molecule has 0 spiro atoms. The van der Waals surface area contributed by atoms with Gasteiger partial charge in [-0.3, -0.25) is 19.8 Å². The van der Waals surface area contributed by atoms with E-state index in [1.165, 1.54) is 17.7 Å². The molecule has 1 aromatic heterocycles. The predicted molar refractivity (Wildman–Crippen MR) is 127 cm³/mol. The molecular weight excluding hydrogens is 442 g/mol. The number of nitro benzene ring substituents is 1. The monoisotopic (exact) mass is 467 g/mol. The standard InChI is InChI=1S/C24H25N3O5S/c1-25(17-6-8-18(9-7-17)27(29)30)23(28)15-26-11-10-16-13-20(31-2)21(32-3)14-19(16)24(26)22-5-4-12-33-22/h4-9,12-14,24H,10-11,15H2,1-3H3. The van der Waals surface area contributed by atoms with Crippen LogP contribution in [0.15, 0.2) is 53.9 Å². The van der Waals surface area contributed by atoms with Crippen molar-refractivity contribution < 1.29 is 19.2 Å². The zero-order valence-electron chi connectivity index (χ0n) is 18.7. The number of carbonyl (C=O) groups is 1. The largest absolute Gasteiger partial charge is 0.493 e. The Morgan fingerprint density at radius 1 is 1.18 bits per heavy atom. The molecule has 1 aliphatic heterocycles. The van der Waals surface area contributed by atoms with E-state index in [2.05, 4.69) is 11.0 Å². The zero-order valence-corrected chi connectivity index (χ0v) is 19.5. The van der Waals surface area contributed by atoms with Crippen LogP contribution in [0.25, 0.3) is 0 Å². The second kappa shape index (κ2) is 9.60. The minimum Gasteiger partial charge on any atom is -0.493 e. The minimum absolute atomic E-state index is 0.00521. The van der Waals surface area contributed by atoms with Gasteiger partial charge >= 0.3 is 0 Å². The number of likely N-dealkylation sites (N-methyl/N-ethyl adjacent to an activating group) is 1. The zero-order chi connectivity index (χ0) is 23.5. The fourth-order valence-corrected chi connectivity index (χ4v) is 5.05. The van der Waals surface area contributed by atoms with Crippen molar-refractivity contribution in [3.63, 3.8) is 0 Å². The van der Waals surface area contributed by atoms with Crippen molar-refractivity contribution in [2.75, 3.05) is 39.3 Å². The normalized spacial score (nSPS) is 15.5. The van der Waals surface area contributed by atoms with E-state index < -0.39 is 4.92 Å². The summed E-state index contributed by atoms with van der Waals surface area (Å²) in [5, 5.41) is 13.0. The van der Waals surface area contributed by atoms with E-state index in [1.807, 2.05) is 23.6 Å². The number of benzene rings is 2. The van der Waals surface area contributed by atoms with Gasteiger partial charge in [0, 0.05) is 36.3 Å². The van der Waals surface area contributed by atoms with Gasteiger partial charge < -0.3 is 14.4 Å². The van der Waals surface area contributed by atoms with E-state index in [1.54, 1.807) is 49.6 Å². The van der Waals surface area contributed by atoms with Crippen LogP contribution in [0.4, 0.5) is 11.4 Å². The van der Waals surface area contributed by atoms with Gasteiger partial charge in [-0.15, -0.1) is 11.3 Å². The summed E-state index contributed by atoms with van der Waals surface area (Å²) >= 11 is 1.65. The summed E-state index contributed by atoms with van der Waals surface area (Å²) in [6, 6.07) is 14.0. The lowest BCUT2D eigenvalue weighted by Crippen LogP contribution is -2.43. The lowest BCUT2D eigenvalue weighted by molar-refractivity contribution is -0.384. The van der Waals surface area contributed by atoms with E-state index in [4.69, 9.17) is 9.47 Å². The maximum atomic E-state index is 13.2. The molecule has 0 bridgehead atoms. The summed E-state index contributed by atoms with van der Waals surface area (Å²) in [7, 11) is 4.94. The van der Waals surface area contributed by atoms with Gasteiger partial charge in [-0.1, -0.05) is 6.07 Å². The Balaban J connectivity index is 1.62. The second-order valence-electron chi connectivity index (χ2n) is 7.77. The molecule has 2 heterocycles. The SMILES string of the molecule is COc1cc2c(cc1OC)C(c1cccs1)N(CC(=O)N(C)c1ccc([N+](=O)[O-])cc1)CC2. The highest BCUT2D eigenvalue weighted by Gasteiger charge is 2.33. The molecule has 3 aromatic rings. The van der Waals surface area contributed by atoms with Gasteiger partial charge in [-0.05, 0) is 53.3 Å². The number of anilines is 1. The number of hydrogen-bond donors (Lipinski definition) is 0. The fraction of sp³-hybridized carbons (Fsp3) is 0.292. The van der Waals surface area contributed by atoms with E-state index in [9.17, 15) is 14.9 Å². The maximum Gasteiger partial charge on any atom is 0.269 e. The number of carbonyl (C=O) groups excluding carboxylic acids is 1. The van der Waals surface area contributed by atoms with Crippen molar-refractivity contribution in [2.24, 2.45) is 0 Å². The summed E-state index contributed by atoms with van der Waals surface area (Å²) in [4.78, 5) is 28.5. The Labute approximate surface area is 196 Å². The van der Waals surface area contributed by atoms with Gasteiger partial charge in [-0.25, -0.2) is 0 Å². The summed E-state index contributed by atoms with van der Waals surface area (Å²) in [5.74, 6) is 1.27. The molecule has 0 saturated heterocycles. The predicted octanol–water partition coefficient (Wildman–Crippen LogP) is 4.28. The van der Waals surface area contributed by atoms with Gasteiger partial charge in [0.15, 0.2) is 11.5 Å². The van der Waals surface area contributed by atoms with Crippen molar-refractivity contribution >= 4 is 28.6 Å². The first-order valence-electron chi connectivity index (χ1n) is 10.5. The first-order chi connectivity index (χ1) is 15.9. The molecule has 0 radical (unpaired) electrons. The first-order valence-corrected chi connectivity index (χ1v) is 11.3. The third kappa shape index (κ3) is 4.55. The molecule has 1 unspecified atom stereocenters. The quantitative estimate of drug-likeness (QED) is 0.381. The van der Waals surface area contributed by atoms with E-state index in [0.29, 0.717) is 23.7 Å². The van der Waals surface area contributed by atoms with Crippen molar-refractivity contribution in [1.82, 2.24) is 4.90 Å². The molecule has 0 saturated carbocycles. The molecule has 2 aromatic carbocycles. The highest BCUT2D eigenvalue weighted by Crippen LogP contribution is 2.42. The number of rotatable bonds is 7. The molecule has 172 valence electrons. The smallest absolute Gasteiger partial charge is 0.269 e. The third-order valence-electron chi connectivity index (χ3n) is 5.95. The van der Waals surface area contributed by atoms with Crippen LogP contribution in [0.2, 0.25) is 0 Å². The van der Waals surface area contributed by atoms with Crippen LogP contribution in [-0.4, -0.2) is 50.1 Å². The number of ether oxygens (including phenoxy) is 2. The summed E-state index contributed by atoms with van der Waals surface area (Å²) in [6.07, 6.45) is 0.784. The van der Waals surface area contributed by atoms with E-state index in [-0.39, 0.29) is 24.2 Å². The van der Waals surface area contributed by atoms with Crippen LogP contribution in [0.5, 0.6) is 11.5 Å². The van der Waals surface area contributed by atoms with Gasteiger partial charge in [0.1, 0.15) is 0 Å². The molecule has 4 rings (SSSR count). The molecule has 1 aliphatic rings. The number of non-ortho nitro benzene ring substituents is 1. The second-order valence-corrected chi connectivity index (χ2v) is 8.75. The number of nitrogens with zero attached hydrogens (tertiary/aromatic N) is 3. The molecule has 8 nitrogen and oxygen atoms in total. The Bertz CT molecular complexity index is 1150. The van der Waals surface area contributed by atoms with Gasteiger partial charge in [0.2, 0.25) is 5.91 Å². The Morgan fingerprint density at radius 2 is 1.88 bits per heavy atom. The number of amides is 1. The topological polar surface area (TPSA) is 85.2 Å². The Hall–Kier alpha value is -3.43. The van der Waals surface area contributed by atoms with Gasteiger partial charge in [-0.2, -0.15) is 0 Å². The van der Waals surface area contributed by atoms with Crippen molar-refractivity contribution in [3.8, 4) is 11.5 Å². The Kier molecular flexibility index (Phi) is 6.62. The Morgan fingerprint density at radius 3 is 2.48 bits per heavy atom. The van der Waals surface area contributed by atoms with Gasteiger partial charge in [0.25, 0.3) is 5.69 Å². The van der Waals surface area contributed by atoms with Crippen molar-refractivity contribution in [1.29, 1.82) is 0 Å². The summed E-state index contributed by atoms with van der Waals surface area (Å²) < 4.78 is 11.0. The van der Waals surface area contributed by atoms with Crippen LogP contribution < -0.4 is 14.4 Å². The number of methoxy groups -OCH3 is 2. The first kappa shape index (κ1) is 22.8. The number of thiophene rings is 1. The fourth-order valence-electron chi connectivity index (χ4n) is 4.17. The molecule has 33 heavy (non-hydrogen) atoms. The van der Waals surface area contributed by atoms with Crippen molar-refractivity contribution in [2.45, 2.75) is 12.5 Å². The van der Waals surface area contributed by atoms with E-state index in [0.717, 1.165) is 16.9 Å². The molecule has 1 atom stereocenters. The molecule has 1 amide bonds. The van der Waals surface area contributed by atoms with Crippen LogP contribution >= 0.6 is 11.3 Å². The van der Waals surface area contributed by atoms with Crippen LogP contribution in [0, 0.1) is 10.1 Å². The average molecular weight is 468 g/mol. The van der Waals surface area contributed by atoms with Crippen molar-refractivity contribution in [3.05, 3.63) is 80.0 Å². The van der Waals surface area contributed by atoms with E-state index >= 15 is 0 Å². The van der Waals surface area contributed by atoms with Crippen LogP contribution in [0.1, 0.15) is 22.0 Å². The lowest BCUT2D eigenvalue weighted by atomic mass is 9.91. The molecule has 0 fully saturated rings. The highest BCUT2D eigenvalue weighted by molar-refractivity contribution is 7.10. The summed E-state index contributed by atoms with van der Waals surface area (Å²) in [5.41, 5.74) is 2.89. The molecule has 0 aliphatic carbocycles.